The first-order valence-electron chi connectivity index (χ1n) is 14.3. The quantitative estimate of drug-likeness (QED) is 0.229. The molecule has 2 fully saturated rings. The molecule has 3 heterocycles. The highest BCUT2D eigenvalue weighted by molar-refractivity contribution is 6.02. The predicted molar refractivity (Wildman–Crippen MR) is 165 cm³/mol. The molecule has 9 heteroatoms. The summed E-state index contributed by atoms with van der Waals surface area (Å²) >= 11 is 0. The number of benzene rings is 4. The minimum atomic E-state index is -0.278. The van der Waals surface area contributed by atoms with Crippen LogP contribution in [-0.4, -0.2) is 56.7 Å². The molecule has 0 aliphatic carbocycles. The van der Waals surface area contributed by atoms with Crippen LogP contribution in [-0.2, 0) is 6.54 Å². The van der Waals surface area contributed by atoms with Gasteiger partial charge in [0, 0.05) is 43.0 Å². The van der Waals surface area contributed by atoms with Gasteiger partial charge in [-0.15, -0.1) is 5.10 Å². The van der Waals surface area contributed by atoms with E-state index in [0.29, 0.717) is 17.9 Å². The number of nitrogens with zero attached hydrogens (tertiary/aromatic N) is 5. The summed E-state index contributed by atoms with van der Waals surface area (Å²) < 4.78 is 0. The average molecular weight is 557 g/mol. The Morgan fingerprint density at radius 1 is 0.881 bits per heavy atom. The molecule has 9 nitrogen and oxygen atoms in total. The van der Waals surface area contributed by atoms with Crippen molar-refractivity contribution in [1.82, 2.24) is 25.5 Å². The number of piperazine rings is 1. The maximum atomic E-state index is 13.3. The van der Waals surface area contributed by atoms with E-state index in [0.717, 1.165) is 65.4 Å². The topological polar surface area (TPSA) is 102 Å². The number of fused-ring (bicyclic) bond motifs is 2. The summed E-state index contributed by atoms with van der Waals surface area (Å²) in [7, 11) is 0. The molecule has 2 aliphatic heterocycles. The van der Waals surface area contributed by atoms with Gasteiger partial charge in [0.15, 0.2) is 5.82 Å². The van der Waals surface area contributed by atoms with Crippen molar-refractivity contribution in [2.24, 2.45) is 0 Å². The van der Waals surface area contributed by atoms with Crippen LogP contribution in [0.2, 0.25) is 0 Å². The van der Waals surface area contributed by atoms with E-state index in [2.05, 4.69) is 89.6 Å². The monoisotopic (exact) mass is 556 g/mol. The number of urea groups is 1. The fourth-order valence-electron chi connectivity index (χ4n) is 6.25. The smallest absolute Gasteiger partial charge is 0.323 e. The molecule has 42 heavy (non-hydrogen) atoms. The van der Waals surface area contributed by atoms with Crippen molar-refractivity contribution in [1.29, 1.82) is 0 Å². The molecule has 0 radical (unpaired) electrons. The molecule has 2 atom stereocenters. The summed E-state index contributed by atoms with van der Waals surface area (Å²) in [5.74, 6) is 0.594. The van der Waals surface area contributed by atoms with E-state index in [1.54, 1.807) is 0 Å². The van der Waals surface area contributed by atoms with Crippen molar-refractivity contribution in [3.8, 4) is 22.5 Å². The normalized spacial score (nSPS) is 17.9. The number of tetrazole rings is 1. The number of carbonyl (C=O) groups is 1. The number of nitrogens with one attached hydrogen (secondary N) is 3. The first kappa shape index (κ1) is 25.9. The van der Waals surface area contributed by atoms with Crippen molar-refractivity contribution in [2.45, 2.75) is 32.0 Å². The van der Waals surface area contributed by atoms with Crippen LogP contribution in [0.5, 0.6) is 0 Å². The lowest BCUT2D eigenvalue weighted by Crippen LogP contribution is -2.46. The highest BCUT2D eigenvalue weighted by Gasteiger charge is 2.43. The van der Waals surface area contributed by atoms with Crippen LogP contribution < -0.4 is 15.5 Å². The molecule has 2 bridgehead atoms. The maximum Gasteiger partial charge on any atom is 0.323 e. The van der Waals surface area contributed by atoms with Gasteiger partial charge in [-0.3, -0.25) is 4.90 Å². The molecule has 4 aromatic carbocycles. The Balaban J connectivity index is 1.18. The SMILES string of the molecule is Cc1ccc(NC(=O)Nc2cc(-c3ccccc3-c3nnn[nH]3)ccc2N2CC3CC2CN3Cc2ccccc2)cc1. The van der Waals surface area contributed by atoms with Crippen LogP contribution in [0, 0.1) is 6.92 Å². The molecule has 7 rings (SSSR count). The molecule has 3 N–H and O–H groups in total. The van der Waals surface area contributed by atoms with Gasteiger partial charge >= 0.3 is 6.03 Å². The fourth-order valence-corrected chi connectivity index (χ4v) is 6.25. The van der Waals surface area contributed by atoms with E-state index in [1.807, 2.05) is 55.5 Å². The van der Waals surface area contributed by atoms with Gasteiger partial charge in [-0.1, -0.05) is 78.4 Å². The van der Waals surface area contributed by atoms with Crippen molar-refractivity contribution in [3.63, 3.8) is 0 Å². The highest BCUT2D eigenvalue weighted by atomic mass is 16.2. The number of H-pyrrole nitrogens is 1. The number of rotatable bonds is 7. The first-order valence-corrected chi connectivity index (χ1v) is 14.3. The summed E-state index contributed by atoms with van der Waals surface area (Å²) in [6.07, 6.45) is 1.12. The molecule has 1 aromatic heterocycles. The summed E-state index contributed by atoms with van der Waals surface area (Å²) in [5, 5.41) is 20.7. The second-order valence-electron chi connectivity index (χ2n) is 11.1. The van der Waals surface area contributed by atoms with Gasteiger partial charge in [-0.2, -0.15) is 0 Å². The van der Waals surface area contributed by atoms with Gasteiger partial charge in [-0.05, 0) is 64.7 Å². The molecule has 210 valence electrons. The standard InChI is InChI=1S/C33H32N8O/c1-22-11-14-25(15-12-22)34-33(42)35-30-17-24(28-9-5-6-10-29(28)32-36-38-39-37-32)13-16-31(30)41-21-26-18-27(41)20-40(26)19-23-7-3-2-4-8-23/h2-17,26-27H,18-21H2,1H3,(H2,34,35,42)(H,36,37,38,39). The van der Waals surface area contributed by atoms with Crippen molar-refractivity contribution < 1.29 is 4.79 Å². The summed E-state index contributed by atoms with van der Waals surface area (Å²) in [4.78, 5) is 18.3. The maximum absolute atomic E-state index is 13.3. The molecule has 2 amide bonds. The third-order valence-corrected chi connectivity index (χ3v) is 8.28. The molecule has 2 aliphatic rings. The molecule has 0 saturated carbocycles. The second-order valence-corrected chi connectivity index (χ2v) is 11.1. The molecule has 5 aromatic rings. The minimum Gasteiger partial charge on any atom is -0.364 e. The Labute approximate surface area is 244 Å². The zero-order chi connectivity index (χ0) is 28.5. The van der Waals surface area contributed by atoms with Crippen LogP contribution >= 0.6 is 0 Å². The lowest BCUT2D eigenvalue weighted by molar-refractivity contribution is 0.230. The third kappa shape index (κ3) is 5.22. The van der Waals surface area contributed by atoms with Crippen LogP contribution in [0.1, 0.15) is 17.5 Å². The number of aromatic nitrogens is 4. The van der Waals surface area contributed by atoms with Crippen molar-refractivity contribution in [2.75, 3.05) is 28.6 Å². The second kappa shape index (κ2) is 11.1. The minimum absolute atomic E-state index is 0.278. The zero-order valence-corrected chi connectivity index (χ0v) is 23.4. The molecular formula is C33H32N8O. The van der Waals surface area contributed by atoms with Crippen LogP contribution in [0.15, 0.2) is 97.1 Å². The Kier molecular flexibility index (Phi) is 6.85. The Morgan fingerprint density at radius 2 is 1.67 bits per heavy atom. The van der Waals surface area contributed by atoms with E-state index in [4.69, 9.17) is 0 Å². The molecule has 2 saturated heterocycles. The largest absolute Gasteiger partial charge is 0.364 e. The van der Waals surface area contributed by atoms with Crippen LogP contribution in [0.4, 0.5) is 21.9 Å². The Bertz CT molecular complexity index is 1690. The summed E-state index contributed by atoms with van der Waals surface area (Å²) in [6.45, 7) is 4.91. The van der Waals surface area contributed by atoms with Crippen LogP contribution in [0.3, 0.4) is 0 Å². The Hall–Kier alpha value is -5.02. The predicted octanol–water partition coefficient (Wildman–Crippen LogP) is 5.95. The average Bonchev–Trinajstić information content (AvgIpc) is 3.78. The fraction of sp³-hybridized carbons (Fsp3) is 0.212. The van der Waals surface area contributed by atoms with E-state index < -0.39 is 0 Å². The van der Waals surface area contributed by atoms with Gasteiger partial charge in [0.05, 0.1) is 11.4 Å². The van der Waals surface area contributed by atoms with E-state index in [-0.39, 0.29) is 6.03 Å². The highest BCUT2D eigenvalue weighted by Crippen LogP contribution is 2.41. The number of anilines is 3. The van der Waals surface area contributed by atoms with Gasteiger partial charge in [0.1, 0.15) is 0 Å². The van der Waals surface area contributed by atoms with E-state index >= 15 is 0 Å². The lowest BCUT2D eigenvalue weighted by Gasteiger charge is -2.36. The van der Waals surface area contributed by atoms with E-state index in [9.17, 15) is 4.79 Å². The number of hydrogen-bond acceptors (Lipinski definition) is 6. The number of aromatic amines is 1. The van der Waals surface area contributed by atoms with Gasteiger partial charge in [0.2, 0.25) is 0 Å². The molecule has 2 unspecified atom stereocenters. The Morgan fingerprint density at radius 3 is 2.40 bits per heavy atom. The van der Waals surface area contributed by atoms with Gasteiger partial charge in [0.25, 0.3) is 0 Å². The zero-order valence-electron chi connectivity index (χ0n) is 23.4. The van der Waals surface area contributed by atoms with Gasteiger partial charge < -0.3 is 15.5 Å². The number of carbonyl (C=O) groups excluding carboxylic acids is 1. The lowest BCUT2D eigenvalue weighted by atomic mass is 9.98. The summed E-state index contributed by atoms with van der Waals surface area (Å²) in [6, 6.07) is 33.4. The van der Waals surface area contributed by atoms with Gasteiger partial charge in [-0.25, -0.2) is 9.89 Å². The molecule has 0 spiro atoms. The summed E-state index contributed by atoms with van der Waals surface area (Å²) in [5.41, 5.74) is 7.86. The number of likely N-dealkylation sites (tertiary alicyclic amines) is 1. The van der Waals surface area contributed by atoms with Crippen molar-refractivity contribution >= 4 is 23.1 Å². The van der Waals surface area contributed by atoms with E-state index in [1.165, 1.54) is 5.56 Å². The first-order chi connectivity index (χ1) is 20.6. The van der Waals surface area contributed by atoms with Crippen molar-refractivity contribution in [3.05, 3.63) is 108 Å². The number of amides is 2. The van der Waals surface area contributed by atoms with Crippen LogP contribution in [0.25, 0.3) is 22.5 Å². The number of hydrogen-bond donors (Lipinski definition) is 3. The molecular weight excluding hydrogens is 524 g/mol. The third-order valence-electron chi connectivity index (χ3n) is 8.28. The number of aryl methyl sites for hydroxylation is 1.